The first-order chi connectivity index (χ1) is 7.21. The minimum atomic E-state index is -0.633. The van der Waals surface area contributed by atoms with Gasteiger partial charge >= 0.3 is 5.97 Å². The Labute approximate surface area is 92.4 Å². The maximum atomic E-state index is 11.2. The third kappa shape index (κ3) is 3.37. The molecule has 0 bridgehead atoms. The van der Waals surface area contributed by atoms with Crippen LogP contribution in [0.3, 0.4) is 0 Å². The first kappa shape index (κ1) is 12.3. The van der Waals surface area contributed by atoms with Gasteiger partial charge in [-0.25, -0.2) is 0 Å². The minimum Gasteiger partial charge on any atom is -0.481 e. The fourth-order valence-electron chi connectivity index (χ4n) is 2.28. The van der Waals surface area contributed by atoms with Gasteiger partial charge in [0.1, 0.15) is 0 Å². The van der Waals surface area contributed by atoms with Crippen molar-refractivity contribution >= 4 is 5.97 Å². The predicted molar refractivity (Wildman–Crippen MR) is 61.8 cm³/mol. The Morgan fingerprint density at radius 3 is 2.53 bits per heavy atom. The van der Waals surface area contributed by atoms with Gasteiger partial charge in [-0.1, -0.05) is 44.8 Å². The van der Waals surface area contributed by atoms with E-state index in [1.165, 1.54) is 19.3 Å². The number of hydrogen-bond donors (Lipinski definition) is 1. The predicted octanol–water partition coefficient (Wildman–Crippen LogP) is 3.77. The molecule has 0 aromatic heterocycles. The van der Waals surface area contributed by atoms with E-state index in [0.717, 1.165) is 32.1 Å². The number of carboxylic acids is 1. The van der Waals surface area contributed by atoms with Crippen LogP contribution >= 0.6 is 0 Å². The molecule has 1 saturated carbocycles. The SMILES string of the molecule is CCCCC/C=C/C1(C(=O)O)CCCC1. The molecule has 2 nitrogen and oxygen atoms in total. The van der Waals surface area contributed by atoms with Gasteiger partial charge in [-0.15, -0.1) is 0 Å². The van der Waals surface area contributed by atoms with Crippen LogP contribution in [0.1, 0.15) is 58.3 Å². The van der Waals surface area contributed by atoms with Crippen LogP contribution in [0, 0.1) is 5.41 Å². The Hall–Kier alpha value is -0.790. The normalized spacial score (nSPS) is 19.8. The summed E-state index contributed by atoms with van der Waals surface area (Å²) in [6.45, 7) is 2.18. The number of rotatable bonds is 6. The van der Waals surface area contributed by atoms with E-state index >= 15 is 0 Å². The number of aliphatic carboxylic acids is 1. The molecule has 0 amide bonds. The number of allylic oxidation sites excluding steroid dienone is 1. The number of carbonyl (C=O) groups is 1. The standard InChI is InChI=1S/C13H22O2/c1-2-3-4-5-6-9-13(12(14)15)10-7-8-11-13/h6,9H,2-5,7-8,10-11H2,1H3,(H,14,15)/b9-6+. The molecular weight excluding hydrogens is 188 g/mol. The second-order valence-corrected chi connectivity index (χ2v) is 4.57. The summed E-state index contributed by atoms with van der Waals surface area (Å²) < 4.78 is 0. The molecule has 0 radical (unpaired) electrons. The highest BCUT2D eigenvalue weighted by Crippen LogP contribution is 2.39. The summed E-state index contributed by atoms with van der Waals surface area (Å²) in [5.74, 6) is -0.633. The highest BCUT2D eigenvalue weighted by molar-refractivity contribution is 5.77. The Kier molecular flexibility index (Phi) is 4.86. The monoisotopic (exact) mass is 210 g/mol. The topological polar surface area (TPSA) is 37.3 Å². The fourth-order valence-corrected chi connectivity index (χ4v) is 2.28. The van der Waals surface area contributed by atoms with Crippen LogP contribution in [0.4, 0.5) is 0 Å². The van der Waals surface area contributed by atoms with Crippen molar-refractivity contribution in [3.63, 3.8) is 0 Å². The molecule has 0 saturated heterocycles. The summed E-state index contributed by atoms with van der Waals surface area (Å²) in [5.41, 5.74) is -0.522. The molecule has 0 unspecified atom stereocenters. The van der Waals surface area contributed by atoms with Crippen molar-refractivity contribution in [2.45, 2.75) is 58.3 Å². The molecule has 1 aliphatic rings. The molecule has 2 heteroatoms. The van der Waals surface area contributed by atoms with Crippen molar-refractivity contribution < 1.29 is 9.90 Å². The second-order valence-electron chi connectivity index (χ2n) is 4.57. The van der Waals surface area contributed by atoms with Crippen molar-refractivity contribution in [3.05, 3.63) is 12.2 Å². The van der Waals surface area contributed by atoms with E-state index in [1.54, 1.807) is 0 Å². The highest BCUT2D eigenvalue weighted by atomic mass is 16.4. The molecule has 1 aliphatic carbocycles. The van der Waals surface area contributed by atoms with Gasteiger partial charge in [0.25, 0.3) is 0 Å². The number of unbranched alkanes of at least 4 members (excludes halogenated alkanes) is 3. The van der Waals surface area contributed by atoms with Gasteiger partial charge in [0.2, 0.25) is 0 Å². The zero-order valence-electron chi connectivity index (χ0n) is 9.67. The lowest BCUT2D eigenvalue weighted by atomic mass is 9.85. The van der Waals surface area contributed by atoms with Crippen LogP contribution in [0.2, 0.25) is 0 Å². The van der Waals surface area contributed by atoms with Gasteiger partial charge in [0.05, 0.1) is 5.41 Å². The van der Waals surface area contributed by atoms with Gasteiger partial charge < -0.3 is 5.11 Å². The largest absolute Gasteiger partial charge is 0.481 e. The molecule has 15 heavy (non-hydrogen) atoms. The smallest absolute Gasteiger partial charge is 0.313 e. The van der Waals surface area contributed by atoms with Crippen LogP contribution < -0.4 is 0 Å². The van der Waals surface area contributed by atoms with E-state index in [4.69, 9.17) is 0 Å². The molecule has 1 fully saturated rings. The third-order valence-electron chi connectivity index (χ3n) is 3.33. The summed E-state index contributed by atoms with van der Waals surface area (Å²) in [4.78, 5) is 11.2. The fraction of sp³-hybridized carbons (Fsp3) is 0.769. The van der Waals surface area contributed by atoms with Crippen LogP contribution in [-0.2, 0) is 4.79 Å². The Bertz CT molecular complexity index is 225. The third-order valence-corrected chi connectivity index (χ3v) is 3.33. The average Bonchev–Trinajstić information content (AvgIpc) is 2.67. The summed E-state index contributed by atoms with van der Waals surface area (Å²) in [7, 11) is 0. The van der Waals surface area contributed by atoms with E-state index in [9.17, 15) is 9.90 Å². The van der Waals surface area contributed by atoms with Gasteiger partial charge in [0, 0.05) is 0 Å². The van der Waals surface area contributed by atoms with Gasteiger partial charge in [-0.05, 0) is 25.7 Å². The van der Waals surface area contributed by atoms with Crippen molar-refractivity contribution in [1.82, 2.24) is 0 Å². The molecule has 0 aromatic rings. The summed E-state index contributed by atoms with van der Waals surface area (Å²) >= 11 is 0. The van der Waals surface area contributed by atoms with Crippen molar-refractivity contribution in [2.24, 2.45) is 5.41 Å². The van der Waals surface area contributed by atoms with Crippen LogP contribution in [0.15, 0.2) is 12.2 Å². The van der Waals surface area contributed by atoms with E-state index in [-0.39, 0.29) is 0 Å². The lowest BCUT2D eigenvalue weighted by Gasteiger charge is -2.18. The second kappa shape index (κ2) is 5.94. The van der Waals surface area contributed by atoms with E-state index < -0.39 is 11.4 Å². The van der Waals surface area contributed by atoms with Crippen molar-refractivity contribution in [1.29, 1.82) is 0 Å². The first-order valence-electron chi connectivity index (χ1n) is 6.12. The van der Waals surface area contributed by atoms with E-state index in [2.05, 4.69) is 13.0 Å². The molecule has 0 heterocycles. The first-order valence-corrected chi connectivity index (χ1v) is 6.12. The quantitative estimate of drug-likeness (QED) is 0.535. The zero-order chi connectivity index (χ0) is 11.1. The van der Waals surface area contributed by atoms with E-state index in [1.807, 2.05) is 6.08 Å². The number of carboxylic acid groups (broad SMARTS) is 1. The van der Waals surface area contributed by atoms with Crippen molar-refractivity contribution in [3.8, 4) is 0 Å². The van der Waals surface area contributed by atoms with Crippen LogP contribution in [-0.4, -0.2) is 11.1 Å². The number of hydrogen-bond acceptors (Lipinski definition) is 1. The molecule has 0 atom stereocenters. The Balaban J connectivity index is 2.41. The van der Waals surface area contributed by atoms with Gasteiger partial charge in [0.15, 0.2) is 0 Å². The van der Waals surface area contributed by atoms with Gasteiger partial charge in [-0.2, -0.15) is 0 Å². The van der Waals surface area contributed by atoms with Crippen LogP contribution in [0.5, 0.6) is 0 Å². The average molecular weight is 210 g/mol. The summed E-state index contributed by atoms with van der Waals surface area (Å²) in [6.07, 6.45) is 12.5. The molecular formula is C13H22O2. The van der Waals surface area contributed by atoms with Crippen LogP contribution in [0.25, 0.3) is 0 Å². The molecule has 0 aromatic carbocycles. The molecule has 0 spiro atoms. The molecule has 1 N–H and O–H groups in total. The Morgan fingerprint density at radius 1 is 1.33 bits per heavy atom. The summed E-state index contributed by atoms with van der Waals surface area (Å²) in [5, 5.41) is 9.22. The van der Waals surface area contributed by atoms with E-state index in [0.29, 0.717) is 0 Å². The van der Waals surface area contributed by atoms with Crippen molar-refractivity contribution in [2.75, 3.05) is 0 Å². The maximum Gasteiger partial charge on any atom is 0.313 e. The molecule has 86 valence electrons. The highest BCUT2D eigenvalue weighted by Gasteiger charge is 2.38. The zero-order valence-corrected chi connectivity index (χ0v) is 9.67. The molecule has 0 aliphatic heterocycles. The maximum absolute atomic E-state index is 11.2. The van der Waals surface area contributed by atoms with Gasteiger partial charge in [-0.3, -0.25) is 4.79 Å². The lowest BCUT2D eigenvalue weighted by Crippen LogP contribution is -2.24. The Morgan fingerprint density at radius 2 is 2.00 bits per heavy atom. The minimum absolute atomic E-state index is 0.522. The lowest BCUT2D eigenvalue weighted by molar-refractivity contribution is -0.145. The summed E-state index contributed by atoms with van der Waals surface area (Å²) in [6, 6.07) is 0. The molecule has 1 rings (SSSR count).